The number of hydrogen-bond donors (Lipinski definition) is 1. The maximum Gasteiger partial charge on any atom is 0.272 e. The first-order chi connectivity index (χ1) is 13.2. The van der Waals surface area contributed by atoms with Gasteiger partial charge in [-0.3, -0.25) is 14.8 Å². The van der Waals surface area contributed by atoms with Crippen molar-refractivity contribution < 1.29 is 4.79 Å². The minimum Gasteiger partial charge on any atom is -0.380 e. The van der Waals surface area contributed by atoms with Crippen LogP contribution >= 0.6 is 0 Å². The minimum absolute atomic E-state index is 0.00570. The summed E-state index contributed by atoms with van der Waals surface area (Å²) >= 11 is 0. The third kappa shape index (κ3) is 3.77. The molecule has 2 aromatic heterocycles. The molecular weight excluding hydrogens is 336 g/mol. The van der Waals surface area contributed by atoms with Crippen molar-refractivity contribution in [2.24, 2.45) is 0 Å². The van der Waals surface area contributed by atoms with E-state index in [4.69, 9.17) is 4.98 Å². The summed E-state index contributed by atoms with van der Waals surface area (Å²) in [6, 6.07) is 16.1. The molecule has 1 amide bonds. The highest BCUT2D eigenvalue weighted by Gasteiger charge is 2.27. The molecule has 3 heterocycles. The highest BCUT2D eigenvalue weighted by atomic mass is 16.2. The summed E-state index contributed by atoms with van der Waals surface area (Å²) in [5.41, 5.74) is 3.75. The number of hydrogen-bond acceptors (Lipinski definition) is 4. The molecule has 1 atom stereocenters. The van der Waals surface area contributed by atoms with Gasteiger partial charge in [-0.25, -0.2) is 0 Å². The van der Waals surface area contributed by atoms with Gasteiger partial charge < -0.3 is 10.2 Å². The molecule has 5 nitrogen and oxygen atoms in total. The van der Waals surface area contributed by atoms with Crippen LogP contribution in [0.25, 0.3) is 10.9 Å². The topological polar surface area (TPSA) is 58.1 Å². The fraction of sp³-hybridized carbons (Fsp3) is 0.318. The zero-order valence-electron chi connectivity index (χ0n) is 15.6. The summed E-state index contributed by atoms with van der Waals surface area (Å²) < 4.78 is 0. The number of aromatic nitrogens is 2. The second-order valence-electron chi connectivity index (χ2n) is 7.02. The van der Waals surface area contributed by atoms with Gasteiger partial charge in [0, 0.05) is 42.1 Å². The Morgan fingerprint density at radius 3 is 2.89 bits per heavy atom. The van der Waals surface area contributed by atoms with Crippen molar-refractivity contribution in [2.45, 2.75) is 32.2 Å². The Bertz CT molecular complexity index is 941. The lowest BCUT2D eigenvalue weighted by atomic mass is 10.1. The summed E-state index contributed by atoms with van der Waals surface area (Å²) in [7, 11) is 0. The first-order valence-electron chi connectivity index (χ1n) is 9.60. The summed E-state index contributed by atoms with van der Waals surface area (Å²) in [5.74, 6) is 0.00570. The number of carbonyl (C=O) groups excluding carboxylic acids is 1. The maximum absolute atomic E-state index is 12.6. The Morgan fingerprint density at radius 2 is 2.07 bits per heavy atom. The second kappa shape index (κ2) is 7.74. The van der Waals surface area contributed by atoms with E-state index >= 15 is 0 Å². The molecular formula is C22H24N4O. The third-order valence-corrected chi connectivity index (χ3v) is 4.99. The quantitative estimate of drug-likeness (QED) is 0.749. The van der Waals surface area contributed by atoms with Crippen LogP contribution in [0.1, 0.15) is 35.9 Å². The van der Waals surface area contributed by atoms with Crippen molar-refractivity contribution >= 4 is 22.5 Å². The van der Waals surface area contributed by atoms with Crippen LogP contribution in [0.15, 0.2) is 54.7 Å². The molecule has 0 bridgehead atoms. The first kappa shape index (κ1) is 17.5. The van der Waals surface area contributed by atoms with Gasteiger partial charge >= 0.3 is 0 Å². The molecule has 0 radical (unpaired) electrons. The van der Waals surface area contributed by atoms with Gasteiger partial charge in [0.2, 0.25) is 0 Å². The summed E-state index contributed by atoms with van der Waals surface area (Å²) in [6.07, 6.45) is 4.63. The number of amides is 1. The number of nitrogens with zero attached hydrogens (tertiary/aromatic N) is 3. The van der Waals surface area contributed by atoms with Crippen LogP contribution < -0.4 is 5.32 Å². The van der Waals surface area contributed by atoms with E-state index in [9.17, 15) is 4.79 Å². The van der Waals surface area contributed by atoms with E-state index in [0.29, 0.717) is 12.2 Å². The van der Waals surface area contributed by atoms with E-state index in [1.165, 1.54) is 0 Å². The Labute approximate surface area is 159 Å². The van der Waals surface area contributed by atoms with Crippen molar-refractivity contribution in [1.82, 2.24) is 14.9 Å². The highest BCUT2D eigenvalue weighted by molar-refractivity contribution is 5.93. The average Bonchev–Trinajstić information content (AvgIpc) is 3.17. The Kier molecular flexibility index (Phi) is 5.01. The van der Waals surface area contributed by atoms with Crippen LogP contribution in [0.2, 0.25) is 0 Å². The molecule has 3 aromatic rings. The van der Waals surface area contributed by atoms with Gasteiger partial charge in [0.25, 0.3) is 5.91 Å². The molecule has 27 heavy (non-hydrogen) atoms. The number of aryl methyl sites for hydroxylation is 1. The summed E-state index contributed by atoms with van der Waals surface area (Å²) in [5, 5.41) is 4.80. The van der Waals surface area contributed by atoms with Crippen molar-refractivity contribution in [1.29, 1.82) is 0 Å². The minimum atomic E-state index is 0.00570. The van der Waals surface area contributed by atoms with Gasteiger partial charge in [-0.15, -0.1) is 0 Å². The predicted molar refractivity (Wildman–Crippen MR) is 108 cm³/mol. The number of fused-ring (bicyclic) bond motifs is 1. The van der Waals surface area contributed by atoms with E-state index in [0.717, 1.165) is 48.1 Å². The monoisotopic (exact) mass is 360 g/mol. The van der Waals surface area contributed by atoms with Gasteiger partial charge in [-0.2, -0.15) is 0 Å². The highest BCUT2D eigenvalue weighted by Crippen LogP contribution is 2.26. The number of anilines is 1. The van der Waals surface area contributed by atoms with Gasteiger partial charge in [-0.05, 0) is 37.1 Å². The molecule has 0 spiro atoms. The molecule has 1 aliphatic rings. The number of benzene rings is 1. The Morgan fingerprint density at radius 1 is 1.22 bits per heavy atom. The molecule has 5 heteroatoms. The molecule has 138 valence electrons. The fourth-order valence-corrected chi connectivity index (χ4v) is 3.67. The Hall–Kier alpha value is -2.95. The van der Waals surface area contributed by atoms with E-state index in [1.807, 2.05) is 29.2 Å². The SMILES string of the molecule is CCCc1cc(NC2CCN(C(=O)c3ccccn3)C2)c2ccccc2n1. The van der Waals surface area contributed by atoms with Crippen molar-refractivity contribution in [3.8, 4) is 0 Å². The van der Waals surface area contributed by atoms with E-state index in [-0.39, 0.29) is 11.9 Å². The zero-order valence-corrected chi connectivity index (χ0v) is 15.6. The van der Waals surface area contributed by atoms with Gasteiger partial charge in [0.15, 0.2) is 0 Å². The van der Waals surface area contributed by atoms with Crippen LogP contribution in [0.5, 0.6) is 0 Å². The van der Waals surface area contributed by atoms with Gasteiger partial charge in [0.1, 0.15) is 5.69 Å². The fourth-order valence-electron chi connectivity index (χ4n) is 3.67. The van der Waals surface area contributed by atoms with E-state index < -0.39 is 0 Å². The summed E-state index contributed by atoms with van der Waals surface area (Å²) in [4.78, 5) is 23.5. The van der Waals surface area contributed by atoms with Crippen molar-refractivity contribution in [3.63, 3.8) is 0 Å². The average molecular weight is 360 g/mol. The number of nitrogens with one attached hydrogen (secondary N) is 1. The number of para-hydroxylation sites is 1. The van der Waals surface area contributed by atoms with Crippen LogP contribution in [0.4, 0.5) is 5.69 Å². The molecule has 1 N–H and O–H groups in total. The van der Waals surface area contributed by atoms with E-state index in [1.54, 1.807) is 12.3 Å². The summed E-state index contributed by atoms with van der Waals surface area (Å²) in [6.45, 7) is 3.61. The largest absolute Gasteiger partial charge is 0.380 e. The third-order valence-electron chi connectivity index (χ3n) is 4.99. The van der Waals surface area contributed by atoms with Crippen molar-refractivity contribution in [2.75, 3.05) is 18.4 Å². The molecule has 0 aliphatic carbocycles. The lowest BCUT2D eigenvalue weighted by Crippen LogP contribution is -2.32. The molecule has 1 fully saturated rings. The second-order valence-corrected chi connectivity index (χ2v) is 7.02. The lowest BCUT2D eigenvalue weighted by Gasteiger charge is -2.19. The van der Waals surface area contributed by atoms with Gasteiger partial charge in [0.05, 0.1) is 5.52 Å². The molecule has 1 unspecified atom stereocenters. The molecule has 1 aliphatic heterocycles. The predicted octanol–water partition coefficient (Wildman–Crippen LogP) is 3.91. The number of carbonyl (C=O) groups is 1. The lowest BCUT2D eigenvalue weighted by molar-refractivity contribution is 0.0786. The Balaban J connectivity index is 1.52. The number of pyridine rings is 2. The smallest absolute Gasteiger partial charge is 0.272 e. The van der Waals surface area contributed by atoms with Crippen molar-refractivity contribution in [3.05, 3.63) is 66.1 Å². The maximum atomic E-state index is 12.6. The first-order valence-corrected chi connectivity index (χ1v) is 9.60. The number of rotatable bonds is 5. The molecule has 4 rings (SSSR count). The zero-order chi connectivity index (χ0) is 18.6. The van der Waals surface area contributed by atoms with Crippen LogP contribution in [0.3, 0.4) is 0 Å². The van der Waals surface area contributed by atoms with Crippen LogP contribution in [0, 0.1) is 0 Å². The number of likely N-dealkylation sites (tertiary alicyclic amines) is 1. The normalized spacial score (nSPS) is 16.6. The molecule has 1 saturated heterocycles. The molecule has 1 aromatic carbocycles. The standard InChI is InChI=1S/C22H24N4O/c1-2-7-16-14-21(18-8-3-4-9-19(18)24-16)25-17-11-13-26(15-17)22(27)20-10-5-6-12-23-20/h3-6,8-10,12,14,17H,2,7,11,13,15H2,1H3,(H,24,25). The van der Waals surface area contributed by atoms with Crippen LogP contribution in [-0.4, -0.2) is 39.9 Å². The van der Waals surface area contributed by atoms with Crippen LogP contribution in [-0.2, 0) is 6.42 Å². The molecule has 0 saturated carbocycles. The van der Waals surface area contributed by atoms with E-state index in [2.05, 4.69) is 35.4 Å². The van der Waals surface area contributed by atoms with Gasteiger partial charge in [-0.1, -0.05) is 37.6 Å².